The Morgan fingerprint density at radius 2 is 1.82 bits per heavy atom. The van der Waals surface area contributed by atoms with E-state index < -0.39 is 11.9 Å². The average molecular weight is 384 g/mol. The number of halogens is 3. The van der Waals surface area contributed by atoms with Crippen molar-refractivity contribution in [3.63, 3.8) is 0 Å². The van der Waals surface area contributed by atoms with E-state index in [9.17, 15) is 13.2 Å². The summed E-state index contributed by atoms with van der Waals surface area (Å²) < 4.78 is 40.5. The molecule has 0 amide bonds. The molecule has 9 heteroatoms. The molecule has 0 aliphatic rings. The number of aromatic nitrogens is 4. The van der Waals surface area contributed by atoms with Crippen LogP contribution in [0.2, 0.25) is 0 Å². The van der Waals surface area contributed by atoms with Gasteiger partial charge in [0.2, 0.25) is 0 Å². The maximum absolute atomic E-state index is 13.0. The lowest BCUT2D eigenvalue weighted by molar-refractivity contribution is -0.141. The largest absolute Gasteiger partial charge is 0.433 e. The topological polar surface area (TPSA) is 95.6 Å². The molecule has 0 spiro atoms. The highest BCUT2D eigenvalue weighted by Crippen LogP contribution is 2.31. The van der Waals surface area contributed by atoms with Gasteiger partial charge in [0, 0.05) is 29.9 Å². The van der Waals surface area contributed by atoms with Crippen molar-refractivity contribution in [1.82, 2.24) is 19.7 Å². The molecule has 4 aromatic rings. The Labute approximate surface area is 157 Å². The molecule has 0 unspecified atom stereocenters. The van der Waals surface area contributed by atoms with Crippen molar-refractivity contribution in [2.75, 3.05) is 5.73 Å². The van der Waals surface area contributed by atoms with Crippen molar-refractivity contribution in [2.24, 2.45) is 5.73 Å². The zero-order chi connectivity index (χ0) is 19.9. The number of hydrogen-bond acceptors (Lipinski definition) is 5. The Morgan fingerprint density at radius 1 is 1.00 bits per heavy atom. The van der Waals surface area contributed by atoms with Gasteiger partial charge in [-0.2, -0.15) is 18.3 Å². The Kier molecular flexibility index (Phi) is 4.23. The van der Waals surface area contributed by atoms with E-state index in [1.807, 2.05) is 6.07 Å². The Morgan fingerprint density at radius 3 is 2.54 bits per heavy atom. The fourth-order valence-electron chi connectivity index (χ4n) is 3.03. The highest BCUT2D eigenvalue weighted by Gasteiger charge is 2.32. The van der Waals surface area contributed by atoms with Crippen molar-refractivity contribution < 1.29 is 13.2 Å². The lowest BCUT2D eigenvalue weighted by atomic mass is 10.0. The number of anilines is 1. The van der Waals surface area contributed by atoms with E-state index in [4.69, 9.17) is 11.5 Å². The average Bonchev–Trinajstić information content (AvgIpc) is 3.11. The van der Waals surface area contributed by atoms with Gasteiger partial charge in [-0.1, -0.05) is 6.07 Å². The van der Waals surface area contributed by atoms with E-state index in [-0.39, 0.29) is 12.4 Å². The van der Waals surface area contributed by atoms with Gasteiger partial charge in [-0.3, -0.25) is 4.98 Å². The second-order valence-corrected chi connectivity index (χ2v) is 6.21. The number of pyridine rings is 2. The van der Waals surface area contributed by atoms with Gasteiger partial charge in [0.15, 0.2) is 5.82 Å². The van der Waals surface area contributed by atoms with Gasteiger partial charge < -0.3 is 11.5 Å². The summed E-state index contributed by atoms with van der Waals surface area (Å²) in [7, 11) is 0. The van der Waals surface area contributed by atoms with Crippen LogP contribution in [0.25, 0.3) is 27.8 Å². The third-order valence-electron chi connectivity index (χ3n) is 4.33. The van der Waals surface area contributed by atoms with Gasteiger partial charge >= 0.3 is 6.18 Å². The van der Waals surface area contributed by atoms with Crippen LogP contribution in [0.4, 0.5) is 18.9 Å². The molecule has 0 aliphatic heterocycles. The van der Waals surface area contributed by atoms with Crippen LogP contribution in [0, 0.1) is 0 Å². The molecule has 0 bridgehead atoms. The van der Waals surface area contributed by atoms with Crippen molar-refractivity contribution >= 4 is 16.6 Å². The number of rotatable bonds is 3. The minimum Gasteiger partial charge on any atom is -0.397 e. The number of hydrogen-bond donors (Lipinski definition) is 2. The fraction of sp³-hybridized carbons (Fsp3) is 0.105. The van der Waals surface area contributed by atoms with Crippen LogP contribution < -0.4 is 11.5 Å². The van der Waals surface area contributed by atoms with Crippen LogP contribution in [-0.2, 0) is 12.7 Å². The zero-order valence-corrected chi connectivity index (χ0v) is 14.5. The Hall–Kier alpha value is -3.46. The van der Waals surface area contributed by atoms with Crippen molar-refractivity contribution in [2.45, 2.75) is 12.7 Å². The SMILES string of the molecule is NCc1cc(-c2cncc(N)c2)cc2c1cnn2-c1cccc(C(F)(F)F)n1. The quantitative estimate of drug-likeness (QED) is 0.563. The highest BCUT2D eigenvalue weighted by atomic mass is 19.4. The van der Waals surface area contributed by atoms with E-state index in [0.717, 1.165) is 28.1 Å². The van der Waals surface area contributed by atoms with Crippen molar-refractivity contribution in [3.05, 3.63) is 66.2 Å². The molecule has 4 N–H and O–H groups in total. The van der Waals surface area contributed by atoms with E-state index >= 15 is 0 Å². The number of alkyl halides is 3. The molecule has 142 valence electrons. The fourth-order valence-corrected chi connectivity index (χ4v) is 3.03. The third kappa shape index (κ3) is 3.16. The van der Waals surface area contributed by atoms with Crippen molar-refractivity contribution in [3.8, 4) is 16.9 Å². The van der Waals surface area contributed by atoms with Crippen molar-refractivity contribution in [1.29, 1.82) is 0 Å². The molecule has 0 radical (unpaired) electrons. The maximum Gasteiger partial charge on any atom is 0.433 e. The van der Waals surface area contributed by atoms with E-state index in [2.05, 4.69) is 15.1 Å². The van der Waals surface area contributed by atoms with Crippen LogP contribution >= 0.6 is 0 Å². The summed E-state index contributed by atoms with van der Waals surface area (Å²) in [5, 5.41) is 4.98. The van der Waals surface area contributed by atoms with Gasteiger partial charge in [-0.05, 0) is 41.5 Å². The number of fused-ring (bicyclic) bond motifs is 1. The predicted molar refractivity (Wildman–Crippen MR) is 99.4 cm³/mol. The molecule has 0 saturated carbocycles. The molecule has 4 rings (SSSR count). The molecule has 1 aromatic carbocycles. The van der Waals surface area contributed by atoms with Gasteiger partial charge in [0.05, 0.1) is 17.4 Å². The summed E-state index contributed by atoms with van der Waals surface area (Å²) in [6.45, 7) is 0.238. The van der Waals surface area contributed by atoms with Gasteiger partial charge in [0.1, 0.15) is 5.69 Å². The molecule has 3 heterocycles. The van der Waals surface area contributed by atoms with Crippen LogP contribution in [0.1, 0.15) is 11.3 Å². The Balaban J connectivity index is 1.93. The summed E-state index contributed by atoms with van der Waals surface area (Å²) in [4.78, 5) is 7.81. The molecular weight excluding hydrogens is 369 g/mol. The first-order valence-corrected chi connectivity index (χ1v) is 8.33. The van der Waals surface area contributed by atoms with Gasteiger partial charge in [0.25, 0.3) is 0 Å². The summed E-state index contributed by atoms with van der Waals surface area (Å²) in [6, 6.07) is 9.15. The normalized spacial score (nSPS) is 11.9. The molecule has 28 heavy (non-hydrogen) atoms. The first-order chi connectivity index (χ1) is 13.4. The van der Waals surface area contributed by atoms with E-state index in [1.165, 1.54) is 23.0 Å². The molecule has 0 saturated heterocycles. The predicted octanol–water partition coefficient (Wildman–Crippen LogP) is 3.54. The molecular formula is C19H15F3N6. The third-order valence-corrected chi connectivity index (χ3v) is 4.33. The van der Waals surface area contributed by atoms with E-state index in [0.29, 0.717) is 11.2 Å². The number of nitrogen functional groups attached to an aromatic ring is 1. The van der Waals surface area contributed by atoms with Crippen LogP contribution in [-0.4, -0.2) is 19.7 Å². The molecule has 3 aromatic heterocycles. The standard InChI is InChI=1S/C19H15F3N6/c20-19(21,22)17-2-1-3-18(27-17)28-16-6-11(13-5-14(24)9-25-8-13)4-12(7-23)15(16)10-26-28/h1-6,8-10H,7,23-24H2. The van der Waals surface area contributed by atoms with Crippen LogP contribution in [0.5, 0.6) is 0 Å². The second kappa shape index (κ2) is 6.61. The lowest BCUT2D eigenvalue weighted by Gasteiger charge is -2.10. The summed E-state index contributed by atoms with van der Waals surface area (Å²) in [6.07, 6.45) is 0.213. The van der Waals surface area contributed by atoms with Gasteiger partial charge in [-0.25, -0.2) is 9.67 Å². The minimum atomic E-state index is -4.54. The number of nitrogens with zero attached hydrogens (tertiary/aromatic N) is 4. The van der Waals surface area contributed by atoms with Gasteiger partial charge in [-0.15, -0.1) is 0 Å². The molecule has 0 fully saturated rings. The van der Waals surface area contributed by atoms with Crippen LogP contribution in [0.15, 0.2) is 55.0 Å². The summed E-state index contributed by atoms with van der Waals surface area (Å²) in [5.74, 6) is 0.0654. The van der Waals surface area contributed by atoms with Crippen LogP contribution in [0.3, 0.4) is 0 Å². The number of benzene rings is 1. The summed E-state index contributed by atoms with van der Waals surface area (Å²) >= 11 is 0. The monoisotopic (exact) mass is 384 g/mol. The zero-order valence-electron chi connectivity index (χ0n) is 14.5. The van der Waals surface area contributed by atoms with E-state index in [1.54, 1.807) is 24.5 Å². The maximum atomic E-state index is 13.0. The molecule has 0 aliphatic carbocycles. The summed E-state index contributed by atoms with van der Waals surface area (Å²) in [5.41, 5.74) is 14.1. The Bertz CT molecular complexity index is 1170. The second-order valence-electron chi connectivity index (χ2n) is 6.21. The minimum absolute atomic E-state index is 0.0654. The molecule has 0 atom stereocenters. The number of nitrogens with two attached hydrogens (primary N) is 2. The first kappa shape index (κ1) is 17.9. The smallest absolute Gasteiger partial charge is 0.397 e. The first-order valence-electron chi connectivity index (χ1n) is 8.33. The molecule has 6 nitrogen and oxygen atoms in total. The lowest BCUT2D eigenvalue weighted by Crippen LogP contribution is -2.10. The highest BCUT2D eigenvalue weighted by molar-refractivity contribution is 5.88.